The summed E-state index contributed by atoms with van der Waals surface area (Å²) in [5, 5.41) is 10.8. The number of benzene rings is 3. The summed E-state index contributed by atoms with van der Waals surface area (Å²) in [5.74, 6) is 0.991. The van der Waals surface area contributed by atoms with E-state index in [1.54, 1.807) is 12.1 Å². The van der Waals surface area contributed by atoms with Crippen LogP contribution in [0.5, 0.6) is 5.75 Å². The van der Waals surface area contributed by atoms with Crippen LogP contribution >= 0.6 is 0 Å². The van der Waals surface area contributed by atoms with Crippen molar-refractivity contribution < 1.29 is 18.8 Å². The van der Waals surface area contributed by atoms with Crippen molar-refractivity contribution in [2.75, 3.05) is 0 Å². The van der Waals surface area contributed by atoms with Crippen molar-refractivity contribution in [2.24, 2.45) is 0 Å². The van der Waals surface area contributed by atoms with E-state index in [1.165, 1.54) is 28.3 Å². The average Bonchev–Trinajstić information content (AvgIpc) is 3.28. The zero-order valence-corrected chi connectivity index (χ0v) is 20.8. The molecule has 0 radical (unpaired) electrons. The Morgan fingerprint density at radius 2 is 1.89 bits per heavy atom. The van der Waals surface area contributed by atoms with Crippen molar-refractivity contribution >= 4 is 21.8 Å². The fourth-order valence-electron chi connectivity index (χ4n) is 6.28. The van der Waals surface area contributed by atoms with Gasteiger partial charge >= 0.3 is 0 Å². The minimum absolute atomic E-state index is 0.0383. The van der Waals surface area contributed by atoms with Crippen molar-refractivity contribution in [3.05, 3.63) is 130 Å². The van der Waals surface area contributed by atoms with E-state index in [2.05, 4.69) is 65.4 Å². The van der Waals surface area contributed by atoms with Crippen LogP contribution in [-0.4, -0.2) is 20.8 Å². The Kier molecular flexibility index (Phi) is 5.01. The highest BCUT2D eigenvalue weighted by Gasteiger charge is 2.59. The molecule has 1 saturated heterocycles. The number of phenols is 1. The van der Waals surface area contributed by atoms with Gasteiger partial charge < -0.3 is 9.84 Å². The highest BCUT2D eigenvalue weighted by Crippen LogP contribution is 2.57. The maximum atomic E-state index is 12.2. The van der Waals surface area contributed by atoms with E-state index in [1.807, 2.05) is 12.1 Å². The van der Waals surface area contributed by atoms with E-state index < -0.39 is 16.9 Å². The normalized spacial score (nSPS) is 27.0. The van der Waals surface area contributed by atoms with E-state index in [0.29, 0.717) is 10.5 Å². The molecule has 1 amide bonds. The lowest BCUT2D eigenvalue weighted by Gasteiger charge is -2.24. The van der Waals surface area contributed by atoms with Gasteiger partial charge in [0.1, 0.15) is 11.5 Å². The molecule has 2 aliphatic carbocycles. The SMILES string of the molecule is O=C1C=C(c2ccc(C3CCc4c3cccc4C3C=CC=C4O[C@@]43Cc3ccccc3)cc2O)S(=O)N1. The molecule has 6 heteroatoms. The van der Waals surface area contributed by atoms with Gasteiger partial charge in [-0.15, -0.1) is 0 Å². The summed E-state index contributed by atoms with van der Waals surface area (Å²) in [6.45, 7) is 0. The summed E-state index contributed by atoms with van der Waals surface area (Å²) in [6.07, 6.45) is 10.5. The zero-order chi connectivity index (χ0) is 25.1. The van der Waals surface area contributed by atoms with Gasteiger partial charge in [-0.3, -0.25) is 9.52 Å². The number of phenolic OH excluding ortho intramolecular Hbond substituents is 1. The summed E-state index contributed by atoms with van der Waals surface area (Å²) in [5.41, 5.74) is 6.35. The summed E-state index contributed by atoms with van der Waals surface area (Å²) >= 11 is 0. The molecule has 2 aliphatic heterocycles. The Labute approximate surface area is 217 Å². The number of aromatic hydroxyl groups is 1. The number of hydrogen-bond donors (Lipinski definition) is 2. The van der Waals surface area contributed by atoms with E-state index in [4.69, 9.17) is 4.74 Å². The third-order valence-electron chi connectivity index (χ3n) is 8.02. The molecular formula is C31H25NO4S. The number of fused-ring (bicyclic) bond motifs is 2. The first-order valence-electron chi connectivity index (χ1n) is 12.5. The van der Waals surface area contributed by atoms with Gasteiger partial charge in [-0.25, -0.2) is 4.21 Å². The zero-order valence-electron chi connectivity index (χ0n) is 20.0. The highest BCUT2D eigenvalue weighted by molar-refractivity contribution is 7.94. The van der Waals surface area contributed by atoms with Gasteiger partial charge in [-0.05, 0) is 58.9 Å². The molecule has 1 fully saturated rings. The molecule has 5 nitrogen and oxygen atoms in total. The lowest BCUT2D eigenvalue weighted by molar-refractivity contribution is -0.114. The second-order valence-electron chi connectivity index (χ2n) is 10.1. The van der Waals surface area contributed by atoms with E-state index in [9.17, 15) is 14.1 Å². The number of rotatable bonds is 5. The number of allylic oxidation sites excluding steroid dienone is 2. The largest absolute Gasteiger partial charge is 0.507 e. The number of carbonyl (C=O) groups excluding carboxylic acids is 1. The molecule has 4 atom stereocenters. The quantitative estimate of drug-likeness (QED) is 0.468. The van der Waals surface area contributed by atoms with Crippen LogP contribution in [0.25, 0.3) is 4.91 Å². The molecule has 2 N–H and O–H groups in total. The molecule has 0 spiro atoms. The molecule has 0 saturated carbocycles. The summed E-state index contributed by atoms with van der Waals surface area (Å²) < 4.78 is 20.8. The van der Waals surface area contributed by atoms with Crippen LogP contribution in [0, 0.1) is 0 Å². The number of nitrogens with one attached hydrogen (secondary N) is 1. The van der Waals surface area contributed by atoms with Crippen LogP contribution in [0.15, 0.2) is 96.8 Å². The van der Waals surface area contributed by atoms with E-state index >= 15 is 0 Å². The first kappa shape index (κ1) is 22.3. The van der Waals surface area contributed by atoms with Gasteiger partial charge in [-0.2, -0.15) is 0 Å². The van der Waals surface area contributed by atoms with Gasteiger partial charge in [0, 0.05) is 24.0 Å². The summed E-state index contributed by atoms with van der Waals surface area (Å²) in [6, 6.07) is 22.6. The Balaban J connectivity index is 1.22. The molecule has 7 rings (SSSR count). The van der Waals surface area contributed by atoms with Crippen LogP contribution in [-0.2, 0) is 33.4 Å². The number of ether oxygens (including phenoxy) is 1. The molecule has 0 aromatic heterocycles. The highest BCUT2D eigenvalue weighted by atomic mass is 32.2. The molecule has 2 heterocycles. The van der Waals surface area contributed by atoms with Crippen LogP contribution < -0.4 is 4.72 Å². The van der Waals surface area contributed by atoms with Crippen LogP contribution in [0.4, 0.5) is 0 Å². The van der Waals surface area contributed by atoms with Gasteiger partial charge in [0.25, 0.3) is 5.91 Å². The van der Waals surface area contributed by atoms with Crippen molar-refractivity contribution in [1.82, 2.24) is 4.72 Å². The van der Waals surface area contributed by atoms with Crippen molar-refractivity contribution in [2.45, 2.75) is 36.7 Å². The maximum Gasteiger partial charge on any atom is 0.257 e. The molecule has 37 heavy (non-hydrogen) atoms. The van der Waals surface area contributed by atoms with E-state index in [-0.39, 0.29) is 23.2 Å². The number of epoxide rings is 1. The molecule has 184 valence electrons. The monoisotopic (exact) mass is 507 g/mol. The minimum atomic E-state index is -1.64. The number of hydrogen-bond acceptors (Lipinski definition) is 4. The van der Waals surface area contributed by atoms with Crippen molar-refractivity contribution in [3.63, 3.8) is 0 Å². The van der Waals surface area contributed by atoms with Crippen molar-refractivity contribution in [3.8, 4) is 5.75 Å². The topological polar surface area (TPSA) is 78.9 Å². The Bertz CT molecular complexity index is 1570. The summed E-state index contributed by atoms with van der Waals surface area (Å²) in [7, 11) is -1.64. The van der Waals surface area contributed by atoms with Crippen molar-refractivity contribution in [1.29, 1.82) is 0 Å². The second kappa shape index (κ2) is 8.32. The Hall–Kier alpha value is -3.90. The van der Waals surface area contributed by atoms with E-state index in [0.717, 1.165) is 30.6 Å². The Morgan fingerprint density at radius 3 is 2.68 bits per heavy atom. The molecule has 3 aromatic rings. The molecule has 3 aromatic carbocycles. The fourth-order valence-corrected chi connectivity index (χ4v) is 7.22. The molecule has 4 aliphatic rings. The fraction of sp³-hybridized carbons (Fsp3) is 0.194. The second-order valence-corrected chi connectivity index (χ2v) is 11.3. The van der Waals surface area contributed by atoms with Gasteiger partial charge in [-0.1, -0.05) is 66.7 Å². The lowest BCUT2D eigenvalue weighted by Crippen LogP contribution is -2.25. The number of carbonyl (C=O) groups is 1. The van der Waals surface area contributed by atoms with Gasteiger partial charge in [0.2, 0.25) is 0 Å². The first-order chi connectivity index (χ1) is 18.0. The third-order valence-corrected chi connectivity index (χ3v) is 9.14. The molecule has 0 bridgehead atoms. The Morgan fingerprint density at radius 1 is 1.05 bits per heavy atom. The summed E-state index contributed by atoms with van der Waals surface area (Å²) in [4.78, 5) is 11.9. The van der Waals surface area contributed by atoms with Crippen LogP contribution in [0.2, 0.25) is 0 Å². The van der Waals surface area contributed by atoms with Gasteiger partial charge in [0.15, 0.2) is 16.6 Å². The molecular weight excluding hydrogens is 482 g/mol. The maximum absolute atomic E-state index is 12.2. The number of amides is 1. The first-order valence-corrected chi connectivity index (χ1v) is 13.7. The molecule has 3 unspecified atom stereocenters. The smallest absolute Gasteiger partial charge is 0.257 e. The predicted molar refractivity (Wildman–Crippen MR) is 143 cm³/mol. The standard InChI is InChI=1S/C31H25NO4S/c33-27-16-20(12-13-25(27)28-17-30(34)32-37(28)35)21-14-15-23-22(21)8-4-9-24(23)26-10-5-11-29-31(26,36-29)18-19-6-2-1-3-7-19/h1-13,16-17,21,26,33H,14-15,18H2,(H,32,34)/t21?,26?,31-,37?/m1/s1. The lowest BCUT2D eigenvalue weighted by atomic mass is 9.76. The predicted octanol–water partition coefficient (Wildman–Crippen LogP) is 5.15. The minimum Gasteiger partial charge on any atom is -0.507 e. The van der Waals surface area contributed by atoms with Crippen LogP contribution in [0.3, 0.4) is 0 Å². The third kappa shape index (κ3) is 3.58. The average molecular weight is 508 g/mol. The van der Waals surface area contributed by atoms with Gasteiger partial charge in [0.05, 0.1) is 10.8 Å². The van der Waals surface area contributed by atoms with Crippen LogP contribution in [0.1, 0.15) is 51.6 Å².